The van der Waals surface area contributed by atoms with E-state index in [4.69, 9.17) is 0 Å². The van der Waals surface area contributed by atoms with Crippen LogP contribution in [0.25, 0.3) is 0 Å². The van der Waals surface area contributed by atoms with Gasteiger partial charge in [-0.15, -0.1) is 0 Å². The molecule has 2 aliphatic heterocycles. The number of fused-ring (bicyclic) bond motifs is 1. The van der Waals surface area contributed by atoms with Gasteiger partial charge in [-0.05, 0) is 67.1 Å². The van der Waals surface area contributed by atoms with E-state index in [1.165, 1.54) is 16.8 Å². The summed E-state index contributed by atoms with van der Waals surface area (Å²) in [5.74, 6) is -0.216. The van der Waals surface area contributed by atoms with Gasteiger partial charge in [0, 0.05) is 37.4 Å². The Morgan fingerprint density at radius 2 is 1.52 bits per heavy atom. The molecular weight excluding hydrogens is 410 g/mol. The fourth-order valence-corrected chi connectivity index (χ4v) is 4.82. The number of para-hydroxylation sites is 2. The van der Waals surface area contributed by atoms with Gasteiger partial charge in [-0.25, -0.2) is 0 Å². The summed E-state index contributed by atoms with van der Waals surface area (Å²) in [7, 11) is 0. The van der Waals surface area contributed by atoms with Gasteiger partial charge in [-0.2, -0.15) is 0 Å². The van der Waals surface area contributed by atoms with Crippen LogP contribution in [-0.2, 0) is 13.0 Å². The number of carbonyl (C=O) groups excluding carboxylic acids is 2. The lowest BCUT2D eigenvalue weighted by molar-refractivity contribution is 0.0794. The normalized spacial score (nSPS) is 15.3. The molecule has 3 aromatic carbocycles. The van der Waals surface area contributed by atoms with Crippen molar-refractivity contribution >= 4 is 23.2 Å². The van der Waals surface area contributed by atoms with E-state index in [0.717, 1.165) is 51.9 Å². The number of amides is 2. The number of nitrogens with one attached hydrogen (secondary N) is 1. The largest absolute Gasteiger partial charge is 0.367 e. The fraction of sp³-hybridized carbons (Fsp3) is 0.286. The van der Waals surface area contributed by atoms with Crippen LogP contribution in [0.1, 0.15) is 51.1 Å². The Labute approximate surface area is 195 Å². The Balaban J connectivity index is 1.27. The van der Waals surface area contributed by atoms with Crippen LogP contribution >= 0.6 is 0 Å². The third-order valence-electron chi connectivity index (χ3n) is 6.59. The summed E-state index contributed by atoms with van der Waals surface area (Å²) in [5, 5.41) is 2.95. The molecule has 168 valence electrons. The lowest BCUT2D eigenvalue weighted by Crippen LogP contribution is -2.29. The van der Waals surface area contributed by atoms with Crippen LogP contribution < -0.4 is 10.2 Å². The molecular formula is C28H29N3O2. The van der Waals surface area contributed by atoms with Crippen LogP contribution in [0.2, 0.25) is 0 Å². The fourth-order valence-electron chi connectivity index (χ4n) is 4.82. The molecule has 2 heterocycles. The predicted molar refractivity (Wildman–Crippen MR) is 132 cm³/mol. The average Bonchev–Trinajstić information content (AvgIpc) is 3.40. The van der Waals surface area contributed by atoms with E-state index < -0.39 is 0 Å². The molecule has 0 radical (unpaired) electrons. The number of likely N-dealkylation sites (tertiary alicyclic amines) is 1. The molecule has 0 bridgehead atoms. The molecule has 1 fully saturated rings. The molecule has 0 aliphatic carbocycles. The first kappa shape index (κ1) is 21.3. The van der Waals surface area contributed by atoms with E-state index in [2.05, 4.69) is 34.5 Å². The van der Waals surface area contributed by atoms with E-state index in [0.29, 0.717) is 16.8 Å². The zero-order valence-corrected chi connectivity index (χ0v) is 18.8. The van der Waals surface area contributed by atoms with Gasteiger partial charge in [0.15, 0.2) is 0 Å². The van der Waals surface area contributed by atoms with Crippen LogP contribution in [0.5, 0.6) is 0 Å². The van der Waals surface area contributed by atoms with Crippen LogP contribution in [0.4, 0.5) is 11.4 Å². The Bertz CT molecular complexity index is 1150. The minimum absolute atomic E-state index is 0.0134. The molecule has 5 nitrogen and oxygen atoms in total. The first-order valence-corrected chi connectivity index (χ1v) is 11.8. The molecule has 1 N–H and O–H groups in total. The Morgan fingerprint density at radius 3 is 2.33 bits per heavy atom. The van der Waals surface area contributed by atoms with Crippen molar-refractivity contribution in [3.8, 4) is 0 Å². The topological polar surface area (TPSA) is 52.7 Å². The minimum Gasteiger partial charge on any atom is -0.367 e. The van der Waals surface area contributed by atoms with Crippen LogP contribution in [0.15, 0.2) is 72.8 Å². The molecule has 1 saturated heterocycles. The zero-order valence-electron chi connectivity index (χ0n) is 18.8. The van der Waals surface area contributed by atoms with E-state index in [1.54, 1.807) is 12.1 Å². The van der Waals surface area contributed by atoms with Crippen molar-refractivity contribution in [2.24, 2.45) is 0 Å². The lowest BCUT2D eigenvalue weighted by atomic mass is 10.0. The summed E-state index contributed by atoms with van der Waals surface area (Å²) in [5.41, 5.74) is 5.59. The summed E-state index contributed by atoms with van der Waals surface area (Å²) in [6.07, 6.45) is 4.37. The lowest BCUT2D eigenvalue weighted by Gasteiger charge is -2.31. The molecule has 0 aromatic heterocycles. The minimum atomic E-state index is -0.202. The van der Waals surface area contributed by atoms with Gasteiger partial charge in [-0.3, -0.25) is 9.59 Å². The summed E-state index contributed by atoms with van der Waals surface area (Å²) in [6.45, 7) is 3.43. The highest BCUT2D eigenvalue weighted by Gasteiger charge is 2.22. The molecule has 3 aromatic rings. The molecule has 0 saturated carbocycles. The Kier molecular flexibility index (Phi) is 6.11. The third-order valence-corrected chi connectivity index (χ3v) is 6.59. The predicted octanol–water partition coefficient (Wildman–Crippen LogP) is 5.13. The van der Waals surface area contributed by atoms with Gasteiger partial charge in [0.2, 0.25) is 0 Å². The van der Waals surface area contributed by atoms with E-state index in [9.17, 15) is 9.59 Å². The van der Waals surface area contributed by atoms with Crippen molar-refractivity contribution in [1.82, 2.24) is 4.90 Å². The first-order valence-electron chi connectivity index (χ1n) is 11.8. The summed E-state index contributed by atoms with van der Waals surface area (Å²) in [6, 6.07) is 23.6. The van der Waals surface area contributed by atoms with Gasteiger partial charge >= 0.3 is 0 Å². The van der Waals surface area contributed by atoms with Crippen LogP contribution in [-0.4, -0.2) is 36.3 Å². The van der Waals surface area contributed by atoms with Crippen molar-refractivity contribution < 1.29 is 9.59 Å². The van der Waals surface area contributed by atoms with Crippen molar-refractivity contribution in [3.05, 3.63) is 95.1 Å². The maximum absolute atomic E-state index is 12.9. The highest BCUT2D eigenvalue weighted by molar-refractivity contribution is 6.09. The summed E-state index contributed by atoms with van der Waals surface area (Å²) in [4.78, 5) is 30.1. The van der Waals surface area contributed by atoms with Crippen molar-refractivity contribution in [1.29, 1.82) is 0 Å². The molecule has 2 aliphatic rings. The highest BCUT2D eigenvalue weighted by atomic mass is 16.2. The molecule has 33 heavy (non-hydrogen) atoms. The van der Waals surface area contributed by atoms with Gasteiger partial charge < -0.3 is 15.1 Å². The second kappa shape index (κ2) is 9.49. The maximum atomic E-state index is 12.9. The van der Waals surface area contributed by atoms with E-state index in [-0.39, 0.29) is 11.8 Å². The second-order valence-corrected chi connectivity index (χ2v) is 8.85. The highest BCUT2D eigenvalue weighted by Crippen LogP contribution is 2.28. The molecule has 5 rings (SSSR count). The van der Waals surface area contributed by atoms with Gasteiger partial charge in [0.25, 0.3) is 11.8 Å². The van der Waals surface area contributed by atoms with E-state index >= 15 is 0 Å². The maximum Gasteiger partial charge on any atom is 0.255 e. The number of rotatable bonds is 5. The SMILES string of the molecule is O=C(Nc1ccccc1C(=O)N1CCCC1)c1ccc(CN2CCCc3ccccc32)cc1. The number of anilines is 2. The van der Waals surface area contributed by atoms with Crippen LogP contribution in [0, 0.1) is 0 Å². The number of nitrogens with zero attached hydrogens (tertiary/aromatic N) is 2. The number of carbonyl (C=O) groups is 2. The molecule has 2 amide bonds. The zero-order chi connectivity index (χ0) is 22.6. The smallest absolute Gasteiger partial charge is 0.255 e. The van der Waals surface area contributed by atoms with Gasteiger partial charge in [-0.1, -0.05) is 42.5 Å². The molecule has 5 heteroatoms. The van der Waals surface area contributed by atoms with Crippen molar-refractivity contribution in [3.63, 3.8) is 0 Å². The Morgan fingerprint density at radius 1 is 0.788 bits per heavy atom. The van der Waals surface area contributed by atoms with Gasteiger partial charge in [0.05, 0.1) is 11.3 Å². The standard InChI is InChI=1S/C28H29N3O2/c32-27(29-25-11-3-2-10-24(25)28(33)30-17-5-6-18-30)23-15-13-21(14-16-23)20-31-19-7-9-22-8-1-4-12-26(22)31/h1-4,8,10-16H,5-7,9,17-20H2,(H,29,32). The van der Waals surface area contributed by atoms with Gasteiger partial charge in [0.1, 0.15) is 0 Å². The molecule has 0 atom stereocenters. The number of hydrogen-bond donors (Lipinski definition) is 1. The number of aryl methyl sites for hydroxylation is 1. The molecule has 0 unspecified atom stereocenters. The second-order valence-electron chi connectivity index (χ2n) is 8.85. The third kappa shape index (κ3) is 4.63. The monoisotopic (exact) mass is 439 g/mol. The Hall–Kier alpha value is -3.60. The summed E-state index contributed by atoms with van der Waals surface area (Å²) >= 11 is 0. The summed E-state index contributed by atoms with van der Waals surface area (Å²) < 4.78 is 0. The number of hydrogen-bond acceptors (Lipinski definition) is 3. The number of benzene rings is 3. The van der Waals surface area contributed by atoms with Crippen molar-refractivity contribution in [2.75, 3.05) is 29.9 Å². The average molecular weight is 440 g/mol. The van der Waals surface area contributed by atoms with Crippen LogP contribution in [0.3, 0.4) is 0 Å². The van der Waals surface area contributed by atoms with Crippen molar-refractivity contribution in [2.45, 2.75) is 32.2 Å². The van der Waals surface area contributed by atoms with E-state index in [1.807, 2.05) is 41.3 Å². The quantitative estimate of drug-likeness (QED) is 0.600. The molecule has 0 spiro atoms. The first-order chi connectivity index (χ1) is 16.2.